The van der Waals surface area contributed by atoms with E-state index in [0.29, 0.717) is 12.8 Å². The number of carbonyl (C=O) groups is 2. The molecule has 4 fully saturated rings. The lowest BCUT2D eigenvalue weighted by Crippen LogP contribution is -2.65. The van der Waals surface area contributed by atoms with Crippen molar-refractivity contribution < 1.29 is 39.5 Å². The molecule has 0 aromatic rings. The van der Waals surface area contributed by atoms with Crippen LogP contribution < -0.4 is 0 Å². The van der Waals surface area contributed by atoms with E-state index in [-0.39, 0.29) is 17.5 Å². The van der Waals surface area contributed by atoms with Crippen LogP contribution in [-0.2, 0) is 19.1 Å². The van der Waals surface area contributed by atoms with E-state index in [1.165, 1.54) is 64.2 Å². The molecule has 3 saturated carbocycles. The minimum absolute atomic E-state index is 0.233. The Morgan fingerprint density at radius 3 is 2.07 bits per heavy atom. The first-order chi connectivity index (χ1) is 20.8. The molecule has 1 unspecified atom stereocenters. The van der Waals surface area contributed by atoms with E-state index >= 15 is 0 Å². The number of hydrogen-bond acceptors (Lipinski definition) is 8. The number of unbranched alkanes of at least 4 members (excludes halogenated alkanes) is 12. The Morgan fingerprint density at radius 2 is 1.52 bits per heavy atom. The second kappa shape index (κ2) is 12.4. The Balaban J connectivity index is 1.17. The molecule has 1 saturated heterocycles. The highest BCUT2D eigenvalue weighted by Gasteiger charge is 2.90. The first-order valence-electron chi connectivity index (χ1n) is 17.7. The first kappa shape index (κ1) is 34.0. The fourth-order valence-electron chi connectivity index (χ4n) is 9.98. The SMILES string of the molecule is CCCCCCCCCCCCCCCC(=O)O[C@]12C[C@H](C)[C@@]3(O)C4C=C(C)C(=O)[C@]4(O)[C@@H](O)[C@]4(CO)O[C@@H]4[C@@H]3[C@H]1C2(C)C. The molecule has 0 spiro atoms. The van der Waals surface area contributed by atoms with Crippen LogP contribution in [0.1, 0.15) is 131 Å². The second-order valence-electron chi connectivity index (χ2n) is 15.6. The van der Waals surface area contributed by atoms with Gasteiger partial charge in [0, 0.05) is 29.6 Å². The van der Waals surface area contributed by atoms with Gasteiger partial charge in [0.25, 0.3) is 0 Å². The highest BCUT2D eigenvalue weighted by Crippen LogP contribution is 2.79. The van der Waals surface area contributed by atoms with Gasteiger partial charge in [-0.1, -0.05) is 111 Å². The number of Topliss-reactive ketones (excluding diaryl/α,β-unsaturated/α-hetero) is 1. The predicted octanol–water partition coefficient (Wildman–Crippen LogP) is 5.17. The summed E-state index contributed by atoms with van der Waals surface area (Å²) in [4.78, 5) is 26.5. The Hall–Kier alpha value is -1.32. The Kier molecular flexibility index (Phi) is 9.56. The summed E-state index contributed by atoms with van der Waals surface area (Å²) in [6, 6.07) is 0. The van der Waals surface area contributed by atoms with Crippen LogP contribution in [0.5, 0.6) is 0 Å². The monoisotopic (exact) mass is 618 g/mol. The van der Waals surface area contributed by atoms with Crippen LogP contribution in [0.3, 0.4) is 0 Å². The van der Waals surface area contributed by atoms with Gasteiger partial charge in [0.2, 0.25) is 0 Å². The standard InChI is InChI=1S/C36H58O8/c1-6-7-8-9-10-11-12-13-14-15-16-17-18-19-26(38)43-34-21-24(3)35(41)25-20-23(2)29(39)36(25,42)31(40)33(22-37)30(44-33)27(35)28(34)32(34,4)5/h20,24-25,27-28,30-31,37,40-42H,6-19,21-22H2,1-5H3/t24-,25?,27-,28-,30+,31-,33+,34+,35+,36-/m0/s1. The minimum atomic E-state index is -2.30. The van der Waals surface area contributed by atoms with Crippen LogP contribution in [-0.4, -0.2) is 73.4 Å². The molecule has 8 heteroatoms. The molecule has 4 N–H and O–H groups in total. The number of hydrogen-bond donors (Lipinski definition) is 4. The van der Waals surface area contributed by atoms with E-state index < -0.39 is 70.2 Å². The van der Waals surface area contributed by atoms with Crippen molar-refractivity contribution in [3.8, 4) is 0 Å². The number of ketones is 1. The van der Waals surface area contributed by atoms with E-state index in [4.69, 9.17) is 9.47 Å². The maximum absolute atomic E-state index is 13.3. The van der Waals surface area contributed by atoms with Gasteiger partial charge in [-0.2, -0.15) is 0 Å². The van der Waals surface area contributed by atoms with Crippen LogP contribution in [0.4, 0.5) is 0 Å². The molecular formula is C36H58O8. The average Bonchev–Trinajstić information content (AvgIpc) is 3.80. The summed E-state index contributed by atoms with van der Waals surface area (Å²) in [5, 5.41) is 46.2. The predicted molar refractivity (Wildman–Crippen MR) is 167 cm³/mol. The summed E-state index contributed by atoms with van der Waals surface area (Å²) >= 11 is 0. The number of esters is 1. The molecular weight excluding hydrogens is 560 g/mol. The van der Waals surface area contributed by atoms with Crippen molar-refractivity contribution in [2.45, 2.75) is 166 Å². The van der Waals surface area contributed by atoms with Gasteiger partial charge >= 0.3 is 5.97 Å². The molecule has 0 radical (unpaired) electrons. The third kappa shape index (κ3) is 5.04. The molecule has 0 aromatic carbocycles. The van der Waals surface area contributed by atoms with Gasteiger partial charge < -0.3 is 29.9 Å². The van der Waals surface area contributed by atoms with Gasteiger partial charge in [-0.25, -0.2) is 0 Å². The number of ether oxygens (including phenoxy) is 2. The van der Waals surface area contributed by atoms with Gasteiger partial charge in [0.1, 0.15) is 17.3 Å². The lowest BCUT2D eigenvalue weighted by atomic mass is 9.59. The highest BCUT2D eigenvalue weighted by atomic mass is 16.6. The normalized spacial score (nSPS) is 42.8. The van der Waals surface area contributed by atoms with Gasteiger partial charge in [-0.3, -0.25) is 9.59 Å². The highest BCUT2D eigenvalue weighted by molar-refractivity contribution is 6.05. The number of aliphatic hydroxyl groups is 4. The summed E-state index contributed by atoms with van der Waals surface area (Å²) in [5.74, 6) is -3.39. The minimum Gasteiger partial charge on any atom is -0.458 e. The fraction of sp³-hybridized carbons (Fsp3) is 0.889. The van der Waals surface area contributed by atoms with Crippen LogP contribution in [0, 0.1) is 29.1 Å². The molecule has 0 aromatic heterocycles. The van der Waals surface area contributed by atoms with Crippen molar-refractivity contribution in [3.63, 3.8) is 0 Å². The molecule has 10 atom stereocenters. The second-order valence-corrected chi connectivity index (χ2v) is 15.6. The maximum atomic E-state index is 13.3. The molecule has 44 heavy (non-hydrogen) atoms. The summed E-state index contributed by atoms with van der Waals surface area (Å²) in [6.45, 7) is 9.17. The number of fused-ring (bicyclic) bond motifs is 7. The summed E-state index contributed by atoms with van der Waals surface area (Å²) < 4.78 is 12.3. The van der Waals surface area contributed by atoms with Crippen molar-refractivity contribution in [3.05, 3.63) is 11.6 Å². The summed E-state index contributed by atoms with van der Waals surface area (Å²) in [5.41, 5.74) is -6.51. The molecule has 5 rings (SSSR count). The van der Waals surface area contributed by atoms with Gasteiger partial charge in [0.15, 0.2) is 11.4 Å². The quantitative estimate of drug-likeness (QED) is 0.106. The molecule has 0 bridgehead atoms. The number of rotatable bonds is 16. The zero-order valence-electron chi connectivity index (χ0n) is 27.8. The Labute approximate surface area is 264 Å². The zero-order chi connectivity index (χ0) is 32.1. The van der Waals surface area contributed by atoms with Gasteiger partial charge in [-0.15, -0.1) is 0 Å². The lowest BCUT2D eigenvalue weighted by molar-refractivity contribution is -0.215. The van der Waals surface area contributed by atoms with Gasteiger partial charge in [0.05, 0.1) is 18.3 Å². The maximum Gasteiger partial charge on any atom is 0.306 e. The third-order valence-corrected chi connectivity index (χ3v) is 12.7. The first-order valence-corrected chi connectivity index (χ1v) is 17.7. The molecule has 8 nitrogen and oxygen atoms in total. The van der Waals surface area contributed by atoms with E-state index in [2.05, 4.69) is 6.92 Å². The smallest absolute Gasteiger partial charge is 0.306 e. The van der Waals surface area contributed by atoms with Crippen molar-refractivity contribution in [2.24, 2.45) is 29.1 Å². The largest absolute Gasteiger partial charge is 0.458 e. The molecule has 0 amide bonds. The Morgan fingerprint density at radius 1 is 0.977 bits per heavy atom. The van der Waals surface area contributed by atoms with Crippen LogP contribution in [0.15, 0.2) is 11.6 Å². The number of aliphatic hydroxyl groups excluding tert-OH is 2. The van der Waals surface area contributed by atoms with Crippen LogP contribution >= 0.6 is 0 Å². The van der Waals surface area contributed by atoms with E-state index in [0.717, 1.165) is 19.3 Å². The number of epoxide rings is 1. The molecule has 1 aliphatic heterocycles. The number of carbonyl (C=O) groups excluding carboxylic acids is 2. The molecule has 5 aliphatic rings. The van der Waals surface area contributed by atoms with Gasteiger partial charge in [-0.05, 0) is 31.3 Å². The molecule has 1 heterocycles. The Bertz CT molecular complexity index is 1120. The van der Waals surface area contributed by atoms with Crippen molar-refractivity contribution in [1.82, 2.24) is 0 Å². The van der Waals surface area contributed by atoms with E-state index in [9.17, 15) is 30.0 Å². The van der Waals surface area contributed by atoms with Crippen molar-refractivity contribution in [1.29, 1.82) is 0 Å². The van der Waals surface area contributed by atoms with Crippen molar-refractivity contribution in [2.75, 3.05) is 6.61 Å². The molecule has 4 aliphatic carbocycles. The summed E-state index contributed by atoms with van der Waals surface area (Å²) in [6.07, 6.45) is 15.9. The van der Waals surface area contributed by atoms with Crippen molar-refractivity contribution >= 4 is 11.8 Å². The fourth-order valence-corrected chi connectivity index (χ4v) is 9.98. The lowest BCUT2D eigenvalue weighted by Gasteiger charge is -2.51. The zero-order valence-corrected chi connectivity index (χ0v) is 27.8. The third-order valence-electron chi connectivity index (χ3n) is 12.7. The van der Waals surface area contributed by atoms with Crippen LogP contribution in [0.2, 0.25) is 0 Å². The van der Waals surface area contributed by atoms with E-state index in [1.807, 2.05) is 20.8 Å². The van der Waals surface area contributed by atoms with E-state index in [1.54, 1.807) is 13.0 Å². The summed E-state index contributed by atoms with van der Waals surface area (Å²) in [7, 11) is 0. The molecule has 250 valence electrons. The average molecular weight is 619 g/mol. The topological polar surface area (TPSA) is 137 Å². The van der Waals surface area contributed by atoms with Crippen LogP contribution in [0.25, 0.3) is 0 Å².